The molecule has 0 fully saturated rings. The van der Waals surface area contributed by atoms with Crippen molar-refractivity contribution in [3.05, 3.63) is 35.4 Å². The molecule has 0 spiro atoms. The SMILES string of the molecule is CCCCNC(=O)CCC(=O)N(CCN)Cc1ccc(CN(CCN)C(=O)CCC(=O)NCCCCCCN=C(N)NN)cc1. The number of carbonyl (C=O) groups excluding carboxylic acids is 4. The highest BCUT2D eigenvalue weighted by Gasteiger charge is 2.17. The molecule has 0 atom stereocenters. The molecule has 254 valence electrons. The second-order valence-corrected chi connectivity index (χ2v) is 10.9. The van der Waals surface area contributed by atoms with Crippen LogP contribution in [0.1, 0.15) is 82.3 Å². The minimum atomic E-state index is -0.152. The molecule has 1 rings (SSSR count). The van der Waals surface area contributed by atoms with Crippen molar-refractivity contribution in [2.24, 2.45) is 28.0 Å². The molecule has 1 aromatic rings. The number of benzene rings is 1. The highest BCUT2D eigenvalue weighted by Crippen LogP contribution is 2.12. The Morgan fingerprint density at radius 3 is 1.62 bits per heavy atom. The average Bonchev–Trinajstić information content (AvgIpc) is 3.04. The van der Waals surface area contributed by atoms with E-state index in [1.54, 1.807) is 9.80 Å². The number of nitrogens with zero attached hydrogens (tertiary/aromatic N) is 3. The van der Waals surface area contributed by atoms with E-state index in [0.717, 1.165) is 49.7 Å². The number of amides is 4. The van der Waals surface area contributed by atoms with E-state index >= 15 is 0 Å². The smallest absolute Gasteiger partial charge is 0.223 e. The van der Waals surface area contributed by atoms with E-state index in [4.69, 9.17) is 23.0 Å². The molecule has 0 bridgehead atoms. The number of hydrazine groups is 1. The van der Waals surface area contributed by atoms with E-state index in [9.17, 15) is 19.2 Å². The molecule has 0 aromatic heterocycles. The summed E-state index contributed by atoms with van der Waals surface area (Å²) in [7, 11) is 0. The van der Waals surface area contributed by atoms with E-state index in [1.807, 2.05) is 24.3 Å². The second-order valence-electron chi connectivity index (χ2n) is 10.9. The summed E-state index contributed by atoms with van der Waals surface area (Å²) in [5, 5.41) is 5.71. The Morgan fingerprint density at radius 1 is 0.711 bits per heavy atom. The van der Waals surface area contributed by atoms with Crippen molar-refractivity contribution in [3.8, 4) is 0 Å². The zero-order valence-electron chi connectivity index (χ0n) is 27.0. The number of carbonyl (C=O) groups is 4. The molecule has 14 heteroatoms. The molecular weight excluding hydrogens is 576 g/mol. The van der Waals surface area contributed by atoms with Crippen molar-refractivity contribution in [2.75, 3.05) is 45.8 Å². The minimum absolute atomic E-state index is 0.102. The minimum Gasteiger partial charge on any atom is -0.369 e. The summed E-state index contributed by atoms with van der Waals surface area (Å²) in [6.07, 6.45) is 6.05. The van der Waals surface area contributed by atoms with Crippen LogP contribution in [-0.4, -0.2) is 85.2 Å². The van der Waals surface area contributed by atoms with Gasteiger partial charge in [0, 0.05) is 84.6 Å². The monoisotopic (exact) mass is 632 g/mol. The summed E-state index contributed by atoms with van der Waals surface area (Å²) >= 11 is 0. The lowest BCUT2D eigenvalue weighted by molar-refractivity contribution is -0.134. The molecule has 0 radical (unpaired) electrons. The van der Waals surface area contributed by atoms with Gasteiger partial charge in [0.25, 0.3) is 0 Å². The molecule has 4 amide bonds. The van der Waals surface area contributed by atoms with Crippen molar-refractivity contribution >= 4 is 29.6 Å². The number of unbranched alkanes of at least 4 members (excludes halogenated alkanes) is 4. The quantitative estimate of drug-likeness (QED) is 0.0271. The van der Waals surface area contributed by atoms with Gasteiger partial charge in [0.2, 0.25) is 29.6 Å². The molecule has 0 aliphatic heterocycles. The molecule has 0 saturated heterocycles. The molecular formula is C31H56N10O4. The van der Waals surface area contributed by atoms with E-state index in [0.29, 0.717) is 58.9 Å². The first-order chi connectivity index (χ1) is 21.7. The third kappa shape index (κ3) is 18.6. The third-order valence-electron chi connectivity index (χ3n) is 7.09. The Morgan fingerprint density at radius 2 is 1.18 bits per heavy atom. The molecule has 14 nitrogen and oxygen atoms in total. The maximum atomic E-state index is 12.9. The highest BCUT2D eigenvalue weighted by molar-refractivity contribution is 5.84. The average molecular weight is 633 g/mol. The Balaban J connectivity index is 2.49. The van der Waals surface area contributed by atoms with Gasteiger partial charge in [-0.3, -0.25) is 29.6 Å². The van der Waals surface area contributed by atoms with Crippen LogP contribution in [0.2, 0.25) is 0 Å². The highest BCUT2D eigenvalue weighted by atomic mass is 16.2. The van der Waals surface area contributed by atoms with Crippen LogP contribution in [0.15, 0.2) is 29.3 Å². The number of aliphatic imine (C=N–C) groups is 1. The largest absolute Gasteiger partial charge is 0.369 e. The zero-order chi connectivity index (χ0) is 33.3. The van der Waals surface area contributed by atoms with Crippen LogP contribution in [0.25, 0.3) is 0 Å². The third-order valence-corrected chi connectivity index (χ3v) is 7.09. The normalized spacial score (nSPS) is 11.2. The van der Waals surface area contributed by atoms with Crippen molar-refractivity contribution < 1.29 is 19.2 Å². The predicted octanol–water partition coefficient (Wildman–Crippen LogP) is 0.193. The molecule has 1 aromatic carbocycles. The lowest BCUT2D eigenvalue weighted by Gasteiger charge is -2.24. The first-order valence-electron chi connectivity index (χ1n) is 16.1. The van der Waals surface area contributed by atoms with Gasteiger partial charge in [-0.25, -0.2) is 5.84 Å². The summed E-state index contributed by atoms with van der Waals surface area (Å²) in [4.78, 5) is 57.3. The van der Waals surface area contributed by atoms with E-state index in [-0.39, 0.29) is 55.3 Å². The van der Waals surface area contributed by atoms with Crippen LogP contribution in [0.4, 0.5) is 0 Å². The summed E-state index contributed by atoms with van der Waals surface area (Å²) in [5.74, 6) is 4.84. The van der Waals surface area contributed by atoms with Crippen LogP contribution in [0.5, 0.6) is 0 Å². The van der Waals surface area contributed by atoms with Gasteiger partial charge in [0.1, 0.15) is 0 Å². The molecule has 0 saturated carbocycles. The van der Waals surface area contributed by atoms with Gasteiger partial charge in [-0.2, -0.15) is 0 Å². The van der Waals surface area contributed by atoms with E-state index in [1.165, 1.54) is 0 Å². The van der Waals surface area contributed by atoms with Gasteiger partial charge in [0.05, 0.1) is 0 Å². The Kier molecular flexibility index (Phi) is 21.4. The fourth-order valence-corrected chi connectivity index (χ4v) is 4.49. The summed E-state index contributed by atoms with van der Waals surface area (Å²) in [6, 6.07) is 7.67. The van der Waals surface area contributed by atoms with Crippen LogP contribution >= 0.6 is 0 Å². The Bertz CT molecular complexity index is 1040. The van der Waals surface area contributed by atoms with Crippen LogP contribution < -0.4 is 39.1 Å². The van der Waals surface area contributed by atoms with Crippen molar-refractivity contribution in [1.82, 2.24) is 25.9 Å². The van der Waals surface area contributed by atoms with E-state index < -0.39 is 0 Å². The Hall–Kier alpha value is -3.75. The number of rotatable bonds is 24. The van der Waals surface area contributed by atoms with Crippen molar-refractivity contribution in [1.29, 1.82) is 0 Å². The number of hydrogen-bond acceptors (Lipinski definition) is 8. The molecule has 0 aliphatic carbocycles. The van der Waals surface area contributed by atoms with Crippen LogP contribution in [0.3, 0.4) is 0 Å². The molecule has 0 heterocycles. The standard InChI is InChI=1S/C31H56N10O4/c1-2-3-18-36-27(42)12-14-29(44)40(21-16-32)23-25-8-10-26(11-9-25)24-41(22-17-33)30(45)15-13-28(43)37-19-6-4-5-7-20-38-31(34)39-35/h8-11H,2-7,12-24,32-33,35H2,1H3,(H,36,42)(H,37,43)(H3,34,38,39). The van der Waals surface area contributed by atoms with E-state index in [2.05, 4.69) is 28.0 Å². The number of nitrogens with one attached hydrogen (secondary N) is 3. The summed E-state index contributed by atoms with van der Waals surface area (Å²) < 4.78 is 0. The molecule has 45 heavy (non-hydrogen) atoms. The summed E-state index contributed by atoms with van der Waals surface area (Å²) in [5.41, 5.74) is 21.1. The van der Waals surface area contributed by atoms with Gasteiger partial charge in [-0.1, -0.05) is 50.5 Å². The lowest BCUT2D eigenvalue weighted by Crippen LogP contribution is -2.37. The van der Waals surface area contributed by atoms with Crippen LogP contribution in [-0.2, 0) is 32.3 Å². The lowest BCUT2D eigenvalue weighted by atomic mass is 10.1. The van der Waals surface area contributed by atoms with Gasteiger partial charge >= 0.3 is 0 Å². The Labute approximate surface area is 268 Å². The van der Waals surface area contributed by atoms with Crippen molar-refractivity contribution in [3.63, 3.8) is 0 Å². The first-order valence-corrected chi connectivity index (χ1v) is 16.1. The summed E-state index contributed by atoms with van der Waals surface area (Å²) in [6.45, 7) is 5.98. The van der Waals surface area contributed by atoms with Gasteiger partial charge in [-0.15, -0.1) is 0 Å². The van der Waals surface area contributed by atoms with Gasteiger partial charge in [-0.05, 0) is 30.4 Å². The molecule has 0 aliphatic rings. The molecule has 0 unspecified atom stereocenters. The number of guanidine groups is 1. The molecule has 11 N–H and O–H groups in total. The first kappa shape index (κ1) is 39.3. The van der Waals surface area contributed by atoms with Gasteiger partial charge in [0.15, 0.2) is 0 Å². The maximum Gasteiger partial charge on any atom is 0.223 e. The van der Waals surface area contributed by atoms with Crippen molar-refractivity contribution in [2.45, 2.75) is 84.2 Å². The fraction of sp³-hybridized carbons (Fsp3) is 0.645. The second kappa shape index (κ2) is 24.6. The van der Waals surface area contributed by atoms with Gasteiger partial charge < -0.3 is 37.6 Å². The number of nitrogens with two attached hydrogens (primary N) is 4. The topological polar surface area (TPSA) is 227 Å². The van der Waals surface area contributed by atoms with Crippen LogP contribution in [0, 0.1) is 0 Å². The number of hydrogen-bond donors (Lipinski definition) is 7. The zero-order valence-corrected chi connectivity index (χ0v) is 27.0. The predicted molar refractivity (Wildman–Crippen MR) is 177 cm³/mol. The maximum absolute atomic E-state index is 12.9. The fourth-order valence-electron chi connectivity index (χ4n) is 4.49.